The van der Waals surface area contributed by atoms with Gasteiger partial charge in [-0.2, -0.15) is 43.9 Å². The lowest BCUT2D eigenvalue weighted by Crippen LogP contribution is -2.40. The molecule has 0 amide bonds. The summed E-state index contributed by atoms with van der Waals surface area (Å²) in [6.07, 6.45) is -10.00. The standard InChI is InChI=1S/C57H34F18O4/c1-25-36(76-32-17-9-28(10-18-32)54(4,56(70,71)72)30-13-21-34(22-14-30)78-52-48(66)42(60)27(3)43(61)49(52)67)7-6-8-37(25)77-33-19-11-29(12-20-33)55(5,57(73,74)75)31-15-23-35(24-16-31)79-53-50(68)46(64)39(47(65)51(53)69)38-44(62)40(58)26(2)41(59)45(38)63/h6-24H,1-5H3. The molecule has 412 valence electrons. The normalized spacial score (nSPS) is 13.5. The van der Waals surface area contributed by atoms with E-state index in [9.17, 15) is 48.3 Å². The summed E-state index contributed by atoms with van der Waals surface area (Å²) in [4.78, 5) is 0. The average molecular weight is 1120 g/mol. The molecule has 8 aromatic rings. The number of benzene rings is 8. The third-order valence-corrected chi connectivity index (χ3v) is 13.4. The Bertz CT molecular complexity index is 3570. The van der Waals surface area contributed by atoms with Crippen molar-refractivity contribution in [2.75, 3.05) is 0 Å². The molecule has 0 spiro atoms. The Morgan fingerprint density at radius 2 is 0.506 bits per heavy atom. The molecule has 0 aliphatic rings. The van der Waals surface area contributed by atoms with Crippen LogP contribution in [0.4, 0.5) is 79.0 Å². The molecule has 4 nitrogen and oxygen atoms in total. The quantitative estimate of drug-likeness (QED) is 0.0852. The summed E-state index contributed by atoms with van der Waals surface area (Å²) in [6, 6.07) is 20.7. The fraction of sp³-hybridized carbons (Fsp3) is 0.158. The van der Waals surface area contributed by atoms with Crippen LogP contribution in [0.25, 0.3) is 11.1 Å². The first kappa shape index (κ1) is 56.9. The minimum atomic E-state index is -5.05. The molecule has 0 aliphatic heterocycles. The van der Waals surface area contributed by atoms with Gasteiger partial charge in [-0.1, -0.05) is 54.6 Å². The molecule has 22 heteroatoms. The number of alkyl halides is 6. The molecule has 8 aromatic carbocycles. The molecule has 79 heavy (non-hydrogen) atoms. The lowest BCUT2D eigenvalue weighted by molar-refractivity contribution is -0.173. The Balaban J connectivity index is 0.977. The SMILES string of the molecule is Cc1c(Oc2ccc(C(C)(c3ccc(Oc4c(F)c(F)c(C)c(F)c4F)cc3)C(F)(F)F)cc2)cccc1Oc1ccc(C(C)(c2ccc(Oc3c(F)c(F)c(-c4c(F)c(F)c(C)c(F)c4F)c(F)c3F)cc2)C(F)(F)F)cc1. The van der Waals surface area contributed by atoms with E-state index in [4.69, 9.17) is 18.9 Å². The number of ether oxygens (including phenoxy) is 4. The summed E-state index contributed by atoms with van der Waals surface area (Å²) in [5.41, 5.74) is -13.1. The molecular weight excluding hydrogens is 1090 g/mol. The Morgan fingerprint density at radius 3 is 0.772 bits per heavy atom. The second-order valence-corrected chi connectivity index (χ2v) is 18.1. The molecule has 0 aromatic heterocycles. The first-order chi connectivity index (χ1) is 36.9. The van der Waals surface area contributed by atoms with Crippen LogP contribution in [0.1, 0.15) is 52.8 Å². The van der Waals surface area contributed by atoms with E-state index in [1.165, 1.54) is 42.5 Å². The molecule has 0 saturated carbocycles. The van der Waals surface area contributed by atoms with E-state index in [-0.39, 0.29) is 39.7 Å². The fourth-order valence-corrected chi connectivity index (χ4v) is 8.41. The van der Waals surface area contributed by atoms with Gasteiger partial charge >= 0.3 is 12.4 Å². The highest BCUT2D eigenvalue weighted by molar-refractivity contribution is 5.69. The number of hydrogen-bond acceptors (Lipinski definition) is 4. The van der Waals surface area contributed by atoms with E-state index in [0.29, 0.717) is 12.5 Å². The summed E-state index contributed by atoms with van der Waals surface area (Å²) >= 11 is 0. The van der Waals surface area contributed by atoms with Gasteiger partial charge in [-0.05, 0) is 118 Å². The first-order valence-electron chi connectivity index (χ1n) is 22.8. The minimum absolute atomic E-state index is 0.0163. The number of hydrogen-bond donors (Lipinski definition) is 0. The van der Waals surface area contributed by atoms with Gasteiger partial charge in [0.2, 0.25) is 34.8 Å². The largest absolute Gasteiger partial charge is 0.457 e. The zero-order chi connectivity index (χ0) is 58.0. The molecule has 8 rings (SSSR count). The predicted molar refractivity (Wildman–Crippen MR) is 250 cm³/mol. The van der Waals surface area contributed by atoms with E-state index in [2.05, 4.69) is 0 Å². The molecule has 0 saturated heterocycles. The first-order valence-corrected chi connectivity index (χ1v) is 22.8. The van der Waals surface area contributed by atoms with Gasteiger partial charge in [0.1, 0.15) is 45.3 Å². The van der Waals surface area contributed by atoms with Crippen molar-refractivity contribution in [3.63, 3.8) is 0 Å². The maximum Gasteiger partial charge on any atom is 0.402 e. The molecule has 2 atom stereocenters. The molecular formula is C57H34F18O4. The summed E-state index contributed by atoms with van der Waals surface area (Å²) in [5.74, 6) is -30.0. The van der Waals surface area contributed by atoms with Crippen LogP contribution < -0.4 is 18.9 Å². The van der Waals surface area contributed by atoms with Crippen molar-refractivity contribution >= 4 is 0 Å². The van der Waals surface area contributed by atoms with Crippen LogP contribution in [-0.2, 0) is 10.8 Å². The van der Waals surface area contributed by atoms with E-state index in [1.807, 2.05) is 0 Å². The van der Waals surface area contributed by atoms with Crippen molar-refractivity contribution < 1.29 is 98.0 Å². The summed E-state index contributed by atoms with van der Waals surface area (Å²) in [6.45, 7) is 4.59. The van der Waals surface area contributed by atoms with Gasteiger partial charge in [0.15, 0.2) is 46.5 Å². The Hall–Kier alpha value is -8.30. The van der Waals surface area contributed by atoms with E-state index in [0.717, 1.165) is 93.6 Å². The predicted octanol–water partition coefficient (Wildman–Crippen LogP) is 18.9. The van der Waals surface area contributed by atoms with Crippen molar-refractivity contribution in [1.29, 1.82) is 0 Å². The smallest absolute Gasteiger partial charge is 0.402 e. The van der Waals surface area contributed by atoms with E-state index >= 15 is 30.7 Å². The van der Waals surface area contributed by atoms with Crippen molar-refractivity contribution in [2.45, 2.75) is 57.8 Å². The van der Waals surface area contributed by atoms with Crippen molar-refractivity contribution in [1.82, 2.24) is 0 Å². The molecule has 0 radical (unpaired) electrons. The van der Waals surface area contributed by atoms with Crippen LogP contribution in [0.15, 0.2) is 115 Å². The van der Waals surface area contributed by atoms with Crippen LogP contribution in [0, 0.1) is 90.6 Å². The van der Waals surface area contributed by atoms with E-state index < -0.39 is 144 Å². The topological polar surface area (TPSA) is 36.9 Å². The van der Waals surface area contributed by atoms with Crippen molar-refractivity contribution in [2.24, 2.45) is 0 Å². The Labute approximate surface area is 436 Å². The zero-order valence-corrected chi connectivity index (χ0v) is 40.9. The van der Waals surface area contributed by atoms with Crippen molar-refractivity contribution in [3.05, 3.63) is 224 Å². The van der Waals surface area contributed by atoms with Gasteiger partial charge in [-0.25, -0.2) is 35.1 Å². The average Bonchev–Trinajstić information content (AvgIpc) is 3.43. The summed E-state index contributed by atoms with van der Waals surface area (Å²) < 4.78 is 287. The highest BCUT2D eigenvalue weighted by Gasteiger charge is 2.54. The van der Waals surface area contributed by atoms with Gasteiger partial charge in [-0.15, -0.1) is 0 Å². The molecule has 0 fully saturated rings. The van der Waals surface area contributed by atoms with Gasteiger partial charge < -0.3 is 18.9 Å². The van der Waals surface area contributed by atoms with Crippen LogP contribution in [0.5, 0.6) is 46.0 Å². The zero-order valence-electron chi connectivity index (χ0n) is 40.9. The van der Waals surface area contributed by atoms with E-state index in [1.54, 1.807) is 6.92 Å². The lowest BCUT2D eigenvalue weighted by Gasteiger charge is -2.33. The minimum Gasteiger partial charge on any atom is -0.457 e. The lowest BCUT2D eigenvalue weighted by atomic mass is 9.75. The molecule has 0 heterocycles. The molecule has 0 bridgehead atoms. The Morgan fingerprint density at radius 1 is 0.278 bits per heavy atom. The van der Waals surface area contributed by atoms with Crippen LogP contribution >= 0.6 is 0 Å². The van der Waals surface area contributed by atoms with Gasteiger partial charge in [0.05, 0.1) is 11.1 Å². The highest BCUT2D eigenvalue weighted by Crippen LogP contribution is 2.50. The van der Waals surface area contributed by atoms with Crippen LogP contribution in [-0.4, -0.2) is 12.4 Å². The third kappa shape index (κ3) is 9.89. The van der Waals surface area contributed by atoms with Gasteiger partial charge in [-0.3, -0.25) is 0 Å². The van der Waals surface area contributed by atoms with Crippen LogP contribution in [0.3, 0.4) is 0 Å². The van der Waals surface area contributed by atoms with Gasteiger partial charge in [0, 0.05) is 16.7 Å². The molecule has 0 aliphatic carbocycles. The number of halogens is 18. The second-order valence-electron chi connectivity index (χ2n) is 18.1. The monoisotopic (exact) mass is 1120 g/mol. The fourth-order valence-electron chi connectivity index (χ4n) is 8.41. The summed E-state index contributed by atoms with van der Waals surface area (Å²) in [5, 5.41) is 0. The second kappa shape index (κ2) is 20.8. The van der Waals surface area contributed by atoms with Gasteiger partial charge in [0.25, 0.3) is 0 Å². The Kier molecular flexibility index (Phi) is 15.0. The van der Waals surface area contributed by atoms with Crippen LogP contribution in [0.2, 0.25) is 0 Å². The summed E-state index contributed by atoms with van der Waals surface area (Å²) in [7, 11) is 0. The number of rotatable bonds is 13. The highest BCUT2D eigenvalue weighted by atomic mass is 19.4. The molecule has 2 unspecified atom stereocenters. The third-order valence-electron chi connectivity index (χ3n) is 13.4. The maximum atomic E-state index is 15.2. The molecule has 0 N–H and O–H groups in total. The van der Waals surface area contributed by atoms with Crippen molar-refractivity contribution in [3.8, 4) is 57.1 Å². The maximum absolute atomic E-state index is 15.2.